The van der Waals surface area contributed by atoms with E-state index in [4.69, 9.17) is 55.8 Å². The molecule has 0 bridgehead atoms. The number of nitrogens with two attached hydrogens (primary N) is 8. The summed E-state index contributed by atoms with van der Waals surface area (Å²) in [6, 6.07) is 0.379. The number of phenolic OH excluding ortho intramolecular Hbond substituents is 1. The number of nitrogens with zero attached hydrogens (tertiary/aromatic N) is 4. The van der Waals surface area contributed by atoms with Gasteiger partial charge >= 0.3 is 5.97 Å². The summed E-state index contributed by atoms with van der Waals surface area (Å²) in [5, 5.41) is 56.2. The van der Waals surface area contributed by atoms with Gasteiger partial charge in [-0.2, -0.15) is 0 Å². The Balaban J connectivity index is 0.0000113. The molecule has 1 fully saturated rings. The predicted octanol–water partition coefficient (Wildman–Crippen LogP) is -3.11. The zero-order chi connectivity index (χ0) is 87.9. The smallest absolute Gasteiger partial charge is 0.326 e. The molecule has 0 radical (unpaired) electrons. The van der Waals surface area contributed by atoms with E-state index in [9.17, 15) is 67.7 Å². The Morgan fingerprint density at radius 2 is 0.906 bits per heavy atom. The van der Waals surface area contributed by atoms with Gasteiger partial charge in [0.1, 0.15) is 66.2 Å². The lowest BCUT2D eigenvalue weighted by Gasteiger charge is -2.32. The van der Waals surface area contributed by atoms with E-state index in [0.29, 0.717) is 43.2 Å². The van der Waals surface area contributed by atoms with E-state index in [2.05, 4.69) is 73.5 Å². The number of hydrogen-bond donors (Lipinski definition) is 22. The molecule has 0 aliphatic carbocycles. The molecule has 654 valence electrons. The fraction of sp³-hybridized carbons (Fsp3) is 0.623. The van der Waals surface area contributed by atoms with Crippen molar-refractivity contribution in [2.75, 3.05) is 45.8 Å². The summed E-state index contributed by atoms with van der Waals surface area (Å²) in [7, 11) is 0. The van der Waals surface area contributed by atoms with E-state index in [1.54, 1.807) is 70.2 Å². The summed E-state index contributed by atoms with van der Waals surface area (Å²) < 4.78 is 0. The van der Waals surface area contributed by atoms with Crippen LogP contribution >= 0.6 is 0 Å². The van der Waals surface area contributed by atoms with E-state index < -0.39 is 168 Å². The number of aliphatic imine (C=N–C) groups is 3. The minimum Gasteiger partial charge on any atom is -0.508 e. The quantitative estimate of drug-likeness (QED) is 0.0177. The Bertz CT molecular complexity index is 3610. The minimum absolute atomic E-state index is 0.00274. The van der Waals surface area contributed by atoms with Crippen molar-refractivity contribution in [2.45, 2.75) is 244 Å². The molecule has 30 N–H and O–H groups in total. The van der Waals surface area contributed by atoms with Crippen LogP contribution in [0.3, 0.4) is 0 Å². The minimum atomic E-state index is -1.48. The number of amides is 12. The highest BCUT2D eigenvalue weighted by Crippen LogP contribution is 2.23. The molecule has 40 nitrogen and oxygen atoms in total. The predicted molar refractivity (Wildman–Crippen MR) is 440 cm³/mol. The number of benzene rings is 2. The third kappa shape index (κ3) is 41.6. The molecule has 1 aliphatic heterocycles. The van der Waals surface area contributed by atoms with Crippen LogP contribution < -0.4 is 104 Å². The fourth-order valence-corrected chi connectivity index (χ4v) is 12.3. The van der Waals surface area contributed by atoms with Crippen molar-refractivity contribution in [2.24, 2.45) is 78.6 Å². The van der Waals surface area contributed by atoms with Crippen molar-refractivity contribution in [1.29, 1.82) is 0 Å². The average molecular weight is 1650 g/mol. The van der Waals surface area contributed by atoms with Gasteiger partial charge in [-0.3, -0.25) is 77.3 Å². The lowest BCUT2D eigenvalue weighted by Crippen LogP contribution is -2.61. The molecule has 12 atom stereocenters. The molecule has 40 heteroatoms. The van der Waals surface area contributed by atoms with Gasteiger partial charge in [0, 0.05) is 39.5 Å². The number of carbonyl (C=O) groups excluding carboxylic acids is 12. The highest BCUT2D eigenvalue weighted by molar-refractivity contribution is 6.00. The molecule has 1 heterocycles. The number of carboxylic acids is 2. The SMILES string of the molecule is CC(=O)O.CCCC[C@H](NC(=O)[C@H](CC(C)C)NC(=O)[C@H](CCCCN)NC(=O)[C@@H]1CCCN1C(=O)[C@H](CCCN=C(N)N)NC(=O)[C@@H](NC(=O)[C@H](CCCN=C(N)N)NC(=O)[C@H](CCCN=C(N)N)NC(=O)[C@H](CC(C)C)NC(=O)[C@H](Cc1ccccc1)NC(=O)CNC(=O)CNC(=O)[C@@H](N)Cc1ccc(O)cc1)[C@@H](C)CC)C(=O)O. The van der Waals surface area contributed by atoms with Crippen molar-refractivity contribution >= 4 is 101 Å². The van der Waals surface area contributed by atoms with Crippen LogP contribution in [0.4, 0.5) is 0 Å². The summed E-state index contributed by atoms with van der Waals surface area (Å²) in [5.74, 6) is -13.2. The molecule has 0 saturated carbocycles. The molecular formula is C77H129N23O17. The van der Waals surface area contributed by atoms with Crippen molar-refractivity contribution in [3.63, 3.8) is 0 Å². The van der Waals surface area contributed by atoms with Gasteiger partial charge in [-0.15, -0.1) is 0 Å². The number of aromatic hydroxyl groups is 1. The second-order valence-corrected chi connectivity index (χ2v) is 29.7. The standard InChI is InChI=1S/C75H125N23O15.C2H4O2/c1-8-10-22-54(72(112)113)94-67(107)56(38-44(5)6)95-64(104)50(23-14-15-32-76)92-69(109)58-27-19-36-98(58)71(111)53(26-18-35-86-75(82)83)93-70(110)61(45(7)9-2)97-65(105)52(25-17-34-85-74(80)81)90-63(103)51(24-16-33-84-73(78)79)91-66(106)55(37-43(3)4)96-68(108)57(40-46-20-12-11-13-21-46)89-60(101)42-87-59(100)41-88-62(102)49(77)39-47-28-30-48(99)31-29-47;1-2(3)4/h11-13,20-21,28-31,43-45,49-58,61,99H,8-10,14-19,22-27,32-42,76-77H2,1-7H3,(H,87,100)(H,88,102)(H,89,101)(H,90,103)(H,91,106)(H,92,109)(H,93,110)(H,94,107)(H,95,104)(H,96,108)(H,97,105)(H,112,113)(H4,78,79,84)(H4,80,81,85)(H4,82,83,86);1H3,(H,3,4)/t45-,49-,50-,51-,52-,53-,54-,55-,56-,57-,58-,61-;/m0./s1. The van der Waals surface area contributed by atoms with Crippen LogP contribution in [-0.4, -0.2) is 233 Å². The molecule has 1 saturated heterocycles. The Labute approximate surface area is 683 Å². The van der Waals surface area contributed by atoms with Crippen molar-refractivity contribution in [1.82, 2.24) is 63.4 Å². The van der Waals surface area contributed by atoms with E-state index >= 15 is 4.79 Å². The van der Waals surface area contributed by atoms with Crippen LogP contribution in [0.2, 0.25) is 0 Å². The molecule has 0 spiro atoms. The summed E-state index contributed by atoms with van der Waals surface area (Å²) in [4.78, 5) is 205. The first-order chi connectivity index (χ1) is 55.3. The number of phenols is 1. The molecule has 0 unspecified atom stereocenters. The maximum atomic E-state index is 15.1. The summed E-state index contributed by atoms with van der Waals surface area (Å²) in [6.45, 7) is 12.7. The third-order valence-electron chi connectivity index (χ3n) is 18.6. The second-order valence-electron chi connectivity index (χ2n) is 29.7. The summed E-state index contributed by atoms with van der Waals surface area (Å²) in [6.07, 6.45) is 3.08. The van der Waals surface area contributed by atoms with Crippen LogP contribution in [0, 0.1) is 17.8 Å². The lowest BCUT2D eigenvalue weighted by atomic mass is 9.96. The van der Waals surface area contributed by atoms with Gasteiger partial charge < -0.3 is 125 Å². The zero-order valence-corrected chi connectivity index (χ0v) is 68.6. The topological polar surface area (TPSA) is 680 Å². The maximum Gasteiger partial charge on any atom is 0.326 e. The zero-order valence-electron chi connectivity index (χ0n) is 68.6. The number of aliphatic carboxylic acids is 2. The summed E-state index contributed by atoms with van der Waals surface area (Å²) >= 11 is 0. The van der Waals surface area contributed by atoms with Crippen molar-refractivity contribution in [3.05, 3.63) is 65.7 Å². The number of nitrogens with one attached hydrogen (secondary N) is 11. The van der Waals surface area contributed by atoms with Crippen LogP contribution in [0.1, 0.15) is 176 Å². The van der Waals surface area contributed by atoms with Gasteiger partial charge in [-0.25, -0.2) is 4.79 Å². The Morgan fingerprint density at radius 3 is 1.38 bits per heavy atom. The number of hydrogen-bond acceptors (Lipinski definition) is 20. The molecule has 2 aromatic carbocycles. The largest absolute Gasteiger partial charge is 0.508 e. The maximum absolute atomic E-state index is 15.1. The molecule has 3 rings (SSSR count). The Hall–Kier alpha value is -11.5. The van der Waals surface area contributed by atoms with Gasteiger partial charge in [-0.1, -0.05) is 110 Å². The van der Waals surface area contributed by atoms with Crippen LogP contribution in [0.25, 0.3) is 0 Å². The Kier molecular flexibility index (Phi) is 47.9. The molecule has 12 amide bonds. The number of carboxylic acid groups (broad SMARTS) is 2. The summed E-state index contributed by atoms with van der Waals surface area (Å²) in [5.41, 5.74) is 47.0. The van der Waals surface area contributed by atoms with E-state index in [-0.39, 0.29) is 158 Å². The highest BCUT2D eigenvalue weighted by atomic mass is 16.4. The van der Waals surface area contributed by atoms with Gasteiger partial charge in [0.15, 0.2) is 17.9 Å². The monoisotopic (exact) mass is 1650 g/mol. The second kappa shape index (κ2) is 55.2. The van der Waals surface area contributed by atoms with Gasteiger partial charge in [-0.05, 0) is 144 Å². The lowest BCUT2D eigenvalue weighted by molar-refractivity contribution is -0.143. The first-order valence-corrected chi connectivity index (χ1v) is 39.7. The Morgan fingerprint density at radius 1 is 0.479 bits per heavy atom. The molecular weight excluding hydrogens is 1520 g/mol. The average Bonchev–Trinajstić information content (AvgIpc) is 1.69. The van der Waals surface area contributed by atoms with Crippen LogP contribution in [-0.2, 0) is 80.0 Å². The molecule has 0 aromatic heterocycles. The van der Waals surface area contributed by atoms with E-state index in [1.165, 1.54) is 17.0 Å². The van der Waals surface area contributed by atoms with E-state index in [0.717, 1.165) is 6.92 Å². The third-order valence-corrected chi connectivity index (χ3v) is 18.6. The molecule has 1 aliphatic rings. The first-order valence-electron chi connectivity index (χ1n) is 39.7. The number of rotatable bonds is 53. The molecule has 2 aromatic rings. The number of guanidine groups is 3. The number of unbranched alkanes of at least 4 members (excludes halogenated alkanes) is 2. The van der Waals surface area contributed by atoms with Crippen molar-refractivity contribution in [3.8, 4) is 5.75 Å². The van der Waals surface area contributed by atoms with Crippen LogP contribution in [0.5, 0.6) is 5.75 Å². The highest BCUT2D eigenvalue weighted by Gasteiger charge is 2.42. The molecule has 117 heavy (non-hydrogen) atoms. The first kappa shape index (κ1) is 102. The normalized spacial score (nSPS) is 15.0. The number of carbonyl (C=O) groups is 14. The fourth-order valence-electron chi connectivity index (χ4n) is 12.3. The van der Waals surface area contributed by atoms with Gasteiger partial charge in [0.25, 0.3) is 5.97 Å². The van der Waals surface area contributed by atoms with Crippen molar-refractivity contribution < 1.29 is 82.4 Å². The number of likely N-dealkylation sites (tertiary alicyclic amines) is 1. The van der Waals surface area contributed by atoms with E-state index in [1.807, 2.05) is 20.8 Å². The van der Waals surface area contributed by atoms with Gasteiger partial charge in [0.05, 0.1) is 19.1 Å². The van der Waals surface area contributed by atoms with Gasteiger partial charge in [0.2, 0.25) is 70.9 Å². The van der Waals surface area contributed by atoms with Crippen LogP contribution in [0.15, 0.2) is 69.6 Å².